The second-order valence-electron chi connectivity index (χ2n) is 3.55. The van der Waals surface area contributed by atoms with Crippen molar-refractivity contribution in [2.45, 2.75) is 0 Å². The average Bonchev–Trinajstić information content (AvgIpc) is 2.38. The summed E-state index contributed by atoms with van der Waals surface area (Å²) < 4.78 is 4.98. The molecule has 0 saturated carbocycles. The standard InChI is InChI=1S/C14H13NO2/c1-17-14-5-4-12(10-13(14)16)3-2-11-6-8-15-9-7-11/h2-10,16H,1H3/b3-2+. The number of hydrogen-bond donors (Lipinski definition) is 1. The third-order valence-electron chi connectivity index (χ3n) is 2.38. The molecule has 0 atom stereocenters. The van der Waals surface area contributed by atoms with Gasteiger partial charge in [-0.05, 0) is 35.4 Å². The van der Waals surface area contributed by atoms with E-state index in [1.807, 2.05) is 30.4 Å². The van der Waals surface area contributed by atoms with E-state index in [-0.39, 0.29) is 5.75 Å². The van der Waals surface area contributed by atoms with Gasteiger partial charge in [0, 0.05) is 12.4 Å². The molecule has 17 heavy (non-hydrogen) atoms. The Morgan fingerprint density at radius 3 is 2.41 bits per heavy atom. The van der Waals surface area contributed by atoms with Crippen LogP contribution in [0.4, 0.5) is 0 Å². The molecule has 0 aliphatic rings. The number of aromatic hydroxyl groups is 1. The van der Waals surface area contributed by atoms with Gasteiger partial charge in [0.05, 0.1) is 7.11 Å². The lowest BCUT2D eigenvalue weighted by Gasteiger charge is -2.03. The van der Waals surface area contributed by atoms with Crippen molar-refractivity contribution in [3.8, 4) is 11.5 Å². The highest BCUT2D eigenvalue weighted by Crippen LogP contribution is 2.26. The van der Waals surface area contributed by atoms with Crippen molar-refractivity contribution in [2.75, 3.05) is 7.11 Å². The second-order valence-corrected chi connectivity index (χ2v) is 3.55. The molecule has 0 saturated heterocycles. The largest absolute Gasteiger partial charge is 0.504 e. The molecular formula is C14H13NO2. The summed E-state index contributed by atoms with van der Waals surface area (Å²) in [6, 6.07) is 9.12. The van der Waals surface area contributed by atoms with Gasteiger partial charge in [-0.1, -0.05) is 18.2 Å². The average molecular weight is 227 g/mol. The zero-order chi connectivity index (χ0) is 12.1. The second kappa shape index (κ2) is 5.16. The van der Waals surface area contributed by atoms with Gasteiger partial charge in [-0.25, -0.2) is 0 Å². The fourth-order valence-corrected chi connectivity index (χ4v) is 1.48. The summed E-state index contributed by atoms with van der Waals surface area (Å²) in [5.74, 6) is 0.621. The molecule has 0 amide bonds. The van der Waals surface area contributed by atoms with Gasteiger partial charge in [0.15, 0.2) is 11.5 Å². The van der Waals surface area contributed by atoms with Gasteiger partial charge in [-0.3, -0.25) is 4.98 Å². The van der Waals surface area contributed by atoms with Crippen LogP contribution in [0, 0.1) is 0 Å². The molecule has 0 spiro atoms. The Hall–Kier alpha value is -2.29. The molecule has 2 rings (SSSR count). The number of phenolic OH excluding ortho intramolecular Hbond substituents is 1. The maximum Gasteiger partial charge on any atom is 0.160 e. The van der Waals surface area contributed by atoms with E-state index >= 15 is 0 Å². The van der Waals surface area contributed by atoms with Gasteiger partial charge in [-0.2, -0.15) is 0 Å². The molecule has 2 aromatic rings. The Morgan fingerprint density at radius 2 is 1.76 bits per heavy atom. The zero-order valence-electron chi connectivity index (χ0n) is 9.50. The highest BCUT2D eigenvalue weighted by atomic mass is 16.5. The van der Waals surface area contributed by atoms with Crippen LogP contribution in [0.1, 0.15) is 11.1 Å². The monoisotopic (exact) mass is 227 g/mol. The van der Waals surface area contributed by atoms with Crippen molar-refractivity contribution >= 4 is 12.2 Å². The van der Waals surface area contributed by atoms with Crippen LogP contribution < -0.4 is 4.74 Å². The predicted molar refractivity (Wildman–Crippen MR) is 67.8 cm³/mol. The van der Waals surface area contributed by atoms with Crippen molar-refractivity contribution in [1.82, 2.24) is 4.98 Å². The first-order valence-electron chi connectivity index (χ1n) is 5.25. The van der Waals surface area contributed by atoms with Crippen LogP contribution in [0.5, 0.6) is 11.5 Å². The van der Waals surface area contributed by atoms with Crippen molar-refractivity contribution < 1.29 is 9.84 Å². The van der Waals surface area contributed by atoms with Gasteiger partial charge in [0.2, 0.25) is 0 Å². The van der Waals surface area contributed by atoms with E-state index in [9.17, 15) is 5.11 Å². The van der Waals surface area contributed by atoms with E-state index in [1.165, 1.54) is 7.11 Å². The summed E-state index contributed by atoms with van der Waals surface area (Å²) in [4.78, 5) is 3.95. The van der Waals surface area contributed by atoms with E-state index in [0.29, 0.717) is 5.75 Å². The van der Waals surface area contributed by atoms with Gasteiger partial charge >= 0.3 is 0 Å². The summed E-state index contributed by atoms with van der Waals surface area (Å²) in [7, 11) is 1.53. The summed E-state index contributed by atoms with van der Waals surface area (Å²) in [5.41, 5.74) is 1.98. The SMILES string of the molecule is COc1ccc(/C=C/c2ccncc2)cc1O. The molecule has 86 valence electrons. The maximum atomic E-state index is 9.62. The Balaban J connectivity index is 2.19. The van der Waals surface area contributed by atoms with Crippen LogP contribution >= 0.6 is 0 Å². The Bertz CT molecular complexity index is 521. The maximum absolute atomic E-state index is 9.62. The molecule has 0 bridgehead atoms. The number of methoxy groups -OCH3 is 1. The van der Waals surface area contributed by atoms with E-state index in [2.05, 4.69) is 4.98 Å². The lowest BCUT2D eigenvalue weighted by atomic mass is 10.1. The lowest BCUT2D eigenvalue weighted by Crippen LogP contribution is -1.83. The minimum Gasteiger partial charge on any atom is -0.504 e. The predicted octanol–water partition coefficient (Wildman–Crippen LogP) is 2.97. The summed E-state index contributed by atoms with van der Waals surface area (Å²) in [6.07, 6.45) is 7.37. The molecule has 0 unspecified atom stereocenters. The van der Waals surface area contributed by atoms with E-state index < -0.39 is 0 Å². The molecule has 0 aliphatic heterocycles. The number of ether oxygens (including phenoxy) is 1. The van der Waals surface area contributed by atoms with Gasteiger partial charge in [0.1, 0.15) is 0 Å². The van der Waals surface area contributed by atoms with Crippen LogP contribution in [0.15, 0.2) is 42.7 Å². The fraction of sp³-hybridized carbons (Fsp3) is 0.0714. The van der Waals surface area contributed by atoms with Crippen LogP contribution in [-0.2, 0) is 0 Å². The van der Waals surface area contributed by atoms with Crippen molar-refractivity contribution in [3.05, 3.63) is 53.9 Å². The van der Waals surface area contributed by atoms with Crippen LogP contribution in [0.25, 0.3) is 12.2 Å². The van der Waals surface area contributed by atoms with Gasteiger partial charge < -0.3 is 9.84 Å². The molecule has 0 radical (unpaired) electrons. The first-order valence-corrected chi connectivity index (χ1v) is 5.25. The molecule has 1 aromatic carbocycles. The zero-order valence-corrected chi connectivity index (χ0v) is 9.50. The Morgan fingerprint density at radius 1 is 1.06 bits per heavy atom. The Labute approximate surface area is 100 Å². The third-order valence-corrected chi connectivity index (χ3v) is 2.38. The number of aromatic nitrogens is 1. The molecular weight excluding hydrogens is 214 g/mol. The number of nitrogens with zero attached hydrogens (tertiary/aromatic N) is 1. The van der Waals surface area contributed by atoms with Crippen LogP contribution in [-0.4, -0.2) is 17.2 Å². The number of rotatable bonds is 3. The van der Waals surface area contributed by atoms with E-state index in [1.54, 1.807) is 24.5 Å². The molecule has 0 aliphatic carbocycles. The van der Waals surface area contributed by atoms with Crippen molar-refractivity contribution in [3.63, 3.8) is 0 Å². The molecule has 0 fully saturated rings. The third kappa shape index (κ3) is 2.84. The van der Waals surface area contributed by atoms with E-state index in [0.717, 1.165) is 11.1 Å². The minimum absolute atomic E-state index is 0.143. The number of hydrogen-bond acceptors (Lipinski definition) is 3. The van der Waals surface area contributed by atoms with Gasteiger partial charge in [-0.15, -0.1) is 0 Å². The first kappa shape index (κ1) is 11.2. The summed E-state index contributed by atoms with van der Waals surface area (Å²) >= 11 is 0. The van der Waals surface area contributed by atoms with E-state index in [4.69, 9.17) is 4.74 Å². The first-order chi connectivity index (χ1) is 8.29. The fourth-order valence-electron chi connectivity index (χ4n) is 1.48. The molecule has 1 aromatic heterocycles. The van der Waals surface area contributed by atoms with Crippen molar-refractivity contribution in [2.24, 2.45) is 0 Å². The number of benzene rings is 1. The Kier molecular flexibility index (Phi) is 3.40. The normalized spacial score (nSPS) is 10.6. The summed E-state index contributed by atoms with van der Waals surface area (Å²) in [5, 5.41) is 9.62. The van der Waals surface area contributed by atoms with Crippen LogP contribution in [0.3, 0.4) is 0 Å². The highest BCUT2D eigenvalue weighted by molar-refractivity contribution is 5.70. The topological polar surface area (TPSA) is 42.4 Å². The quantitative estimate of drug-likeness (QED) is 0.876. The molecule has 1 heterocycles. The number of phenols is 1. The number of pyridine rings is 1. The molecule has 3 heteroatoms. The minimum atomic E-state index is 0.143. The highest BCUT2D eigenvalue weighted by Gasteiger charge is 1.99. The smallest absolute Gasteiger partial charge is 0.160 e. The summed E-state index contributed by atoms with van der Waals surface area (Å²) in [6.45, 7) is 0. The molecule has 3 nitrogen and oxygen atoms in total. The van der Waals surface area contributed by atoms with Crippen molar-refractivity contribution in [1.29, 1.82) is 0 Å². The van der Waals surface area contributed by atoms with Gasteiger partial charge in [0.25, 0.3) is 0 Å². The van der Waals surface area contributed by atoms with Crippen LogP contribution in [0.2, 0.25) is 0 Å². The lowest BCUT2D eigenvalue weighted by molar-refractivity contribution is 0.373. The molecule has 1 N–H and O–H groups in total.